The number of rotatable bonds is 4. The number of amides is 1. The molecule has 8 heteroatoms. The lowest BCUT2D eigenvalue weighted by Crippen LogP contribution is -2.59. The van der Waals surface area contributed by atoms with E-state index in [1.807, 2.05) is 0 Å². The Hall–Kier alpha value is -1.15. The van der Waals surface area contributed by atoms with Crippen LogP contribution >= 0.6 is 11.6 Å². The zero-order chi connectivity index (χ0) is 19.6. The largest absolute Gasteiger partial charge is 0.390 e. The predicted octanol–water partition coefficient (Wildman–Crippen LogP) is 2.86. The number of nitrogens with one attached hydrogen (secondary N) is 1. The van der Waals surface area contributed by atoms with E-state index >= 15 is 0 Å². The summed E-state index contributed by atoms with van der Waals surface area (Å²) in [6, 6.07) is 4.51. The van der Waals surface area contributed by atoms with Crippen LogP contribution in [0.25, 0.3) is 0 Å². The van der Waals surface area contributed by atoms with Crippen LogP contribution in [0.3, 0.4) is 0 Å². The lowest BCUT2D eigenvalue weighted by atomic mass is 9.47. The molecule has 6 nitrogen and oxygen atoms in total. The summed E-state index contributed by atoms with van der Waals surface area (Å²) in [7, 11) is -0.835. The van der Waals surface area contributed by atoms with E-state index in [0.717, 1.165) is 36.4 Å². The molecule has 4 saturated carbocycles. The van der Waals surface area contributed by atoms with E-state index in [9.17, 15) is 18.3 Å². The average Bonchev–Trinajstić information content (AvgIpc) is 2.54. The Morgan fingerprint density at radius 2 is 1.85 bits per heavy atom. The molecule has 0 aromatic heterocycles. The number of carbonyl (C=O) groups excluding carboxylic acids is 1. The van der Waals surface area contributed by atoms with Gasteiger partial charge in [-0.3, -0.25) is 4.79 Å². The van der Waals surface area contributed by atoms with Crippen molar-refractivity contribution in [3.05, 3.63) is 23.2 Å². The molecule has 2 N–H and O–H groups in total. The summed E-state index contributed by atoms with van der Waals surface area (Å²) in [5, 5.41) is 13.9. The SMILES string of the molecule is CN(C)S(=O)(=O)c1cc(NC(=O)C23C[C@@H]4C[C@@H](CC(O)(C4)C2)C3)ccc1Cl. The van der Waals surface area contributed by atoms with E-state index in [1.165, 1.54) is 26.2 Å². The normalized spacial score (nSPS) is 34.9. The number of nitrogens with zero attached hydrogens (tertiary/aromatic N) is 1. The summed E-state index contributed by atoms with van der Waals surface area (Å²) in [5.41, 5.74) is -0.868. The van der Waals surface area contributed by atoms with E-state index in [-0.39, 0.29) is 15.8 Å². The highest BCUT2D eigenvalue weighted by Gasteiger charge is 2.60. The van der Waals surface area contributed by atoms with Crippen molar-refractivity contribution in [1.29, 1.82) is 0 Å². The standard InChI is InChI=1S/C19H25ClN2O4S/c1-22(2)27(25,26)16-6-14(3-4-15(16)20)21-17(23)18-7-12-5-13(8-18)10-19(24,9-12)11-18/h3-4,6,12-13,24H,5,7-11H2,1-2H3,(H,21,23)/t12-,13+,18?,19?. The smallest absolute Gasteiger partial charge is 0.244 e. The molecule has 4 fully saturated rings. The Morgan fingerprint density at radius 1 is 1.22 bits per heavy atom. The Bertz CT molecular complexity index is 885. The van der Waals surface area contributed by atoms with Crippen LogP contribution in [-0.4, -0.2) is 43.4 Å². The number of sulfonamides is 1. The maximum Gasteiger partial charge on any atom is 0.244 e. The van der Waals surface area contributed by atoms with Gasteiger partial charge in [-0.05, 0) is 68.6 Å². The van der Waals surface area contributed by atoms with Crippen LogP contribution in [0, 0.1) is 17.3 Å². The second kappa shape index (κ2) is 6.17. The summed E-state index contributed by atoms with van der Waals surface area (Å²) < 4.78 is 26.0. The highest BCUT2D eigenvalue weighted by molar-refractivity contribution is 7.89. The summed E-state index contributed by atoms with van der Waals surface area (Å²) in [6.07, 6.45) is 4.79. The van der Waals surface area contributed by atoms with Crippen molar-refractivity contribution in [3.8, 4) is 0 Å². The van der Waals surface area contributed by atoms with Gasteiger partial charge in [-0.1, -0.05) is 11.6 Å². The molecule has 5 rings (SSSR count). The van der Waals surface area contributed by atoms with Gasteiger partial charge < -0.3 is 10.4 Å². The average molecular weight is 413 g/mol. The molecule has 0 aliphatic heterocycles. The number of anilines is 1. The van der Waals surface area contributed by atoms with Crippen molar-refractivity contribution < 1.29 is 18.3 Å². The number of aliphatic hydroxyl groups is 1. The van der Waals surface area contributed by atoms with Gasteiger partial charge in [0, 0.05) is 19.8 Å². The van der Waals surface area contributed by atoms with E-state index in [2.05, 4.69) is 5.32 Å². The number of carbonyl (C=O) groups is 1. The Balaban J connectivity index is 1.61. The number of hydrogen-bond acceptors (Lipinski definition) is 4. The summed E-state index contributed by atoms with van der Waals surface area (Å²) in [4.78, 5) is 13.1. The predicted molar refractivity (Wildman–Crippen MR) is 103 cm³/mol. The van der Waals surface area contributed by atoms with Crippen LogP contribution in [0.2, 0.25) is 5.02 Å². The first kappa shape index (κ1) is 19.2. The third-order valence-electron chi connectivity index (χ3n) is 6.46. The van der Waals surface area contributed by atoms with Crippen molar-refractivity contribution in [3.63, 3.8) is 0 Å². The molecule has 27 heavy (non-hydrogen) atoms. The Kier molecular flexibility index (Phi) is 4.39. The van der Waals surface area contributed by atoms with Gasteiger partial charge in [-0.2, -0.15) is 0 Å². The molecule has 2 unspecified atom stereocenters. The molecular weight excluding hydrogens is 388 g/mol. The molecule has 0 radical (unpaired) electrons. The number of halogens is 1. The first-order valence-electron chi connectivity index (χ1n) is 9.29. The number of benzene rings is 1. The second-order valence-corrected chi connectivity index (χ2v) is 11.4. The maximum absolute atomic E-state index is 13.2. The topological polar surface area (TPSA) is 86.7 Å². The van der Waals surface area contributed by atoms with Crippen LogP contribution in [0.15, 0.2) is 23.1 Å². The zero-order valence-corrected chi connectivity index (χ0v) is 17.1. The molecule has 1 amide bonds. The minimum absolute atomic E-state index is 0.0314. The molecule has 0 spiro atoms. The molecule has 148 valence electrons. The molecule has 1 aromatic carbocycles. The lowest BCUT2D eigenvalue weighted by molar-refractivity contribution is -0.174. The second-order valence-electron chi connectivity index (χ2n) is 8.85. The van der Waals surface area contributed by atoms with Gasteiger partial charge in [0.1, 0.15) is 4.90 Å². The van der Waals surface area contributed by atoms with Crippen molar-refractivity contribution in [2.75, 3.05) is 19.4 Å². The van der Waals surface area contributed by atoms with E-state index < -0.39 is 21.0 Å². The summed E-state index contributed by atoms with van der Waals surface area (Å²) >= 11 is 6.08. The zero-order valence-electron chi connectivity index (χ0n) is 15.5. The highest BCUT2D eigenvalue weighted by Crippen LogP contribution is 2.61. The van der Waals surface area contributed by atoms with E-state index in [1.54, 1.807) is 6.07 Å². The van der Waals surface area contributed by atoms with Crippen LogP contribution < -0.4 is 5.32 Å². The summed E-state index contributed by atoms with van der Waals surface area (Å²) in [5.74, 6) is 0.680. The van der Waals surface area contributed by atoms with Gasteiger partial charge in [0.2, 0.25) is 15.9 Å². The van der Waals surface area contributed by atoms with Gasteiger partial charge in [0.25, 0.3) is 0 Å². The summed E-state index contributed by atoms with van der Waals surface area (Å²) in [6.45, 7) is 0. The van der Waals surface area contributed by atoms with Gasteiger partial charge in [-0.25, -0.2) is 12.7 Å². The van der Waals surface area contributed by atoms with Crippen LogP contribution in [0.4, 0.5) is 5.69 Å². The molecular formula is C19H25ClN2O4S. The fraction of sp³-hybridized carbons (Fsp3) is 0.632. The third kappa shape index (κ3) is 3.18. The first-order chi connectivity index (χ1) is 12.5. The van der Waals surface area contributed by atoms with Crippen LogP contribution in [0.1, 0.15) is 38.5 Å². The van der Waals surface area contributed by atoms with Gasteiger partial charge >= 0.3 is 0 Å². The van der Waals surface area contributed by atoms with Crippen molar-refractivity contribution in [2.45, 2.75) is 49.0 Å². The van der Waals surface area contributed by atoms with Gasteiger partial charge in [0.05, 0.1) is 16.0 Å². The maximum atomic E-state index is 13.2. The lowest BCUT2D eigenvalue weighted by Gasteiger charge is -2.59. The van der Waals surface area contributed by atoms with Gasteiger partial charge in [-0.15, -0.1) is 0 Å². The fourth-order valence-electron chi connectivity index (χ4n) is 5.72. The van der Waals surface area contributed by atoms with E-state index in [4.69, 9.17) is 11.6 Å². The van der Waals surface area contributed by atoms with Crippen molar-refractivity contribution in [2.24, 2.45) is 17.3 Å². The Labute approximate surface area is 164 Å². The quantitative estimate of drug-likeness (QED) is 0.796. The van der Waals surface area contributed by atoms with Crippen LogP contribution in [0.5, 0.6) is 0 Å². The highest BCUT2D eigenvalue weighted by atomic mass is 35.5. The third-order valence-corrected chi connectivity index (χ3v) is 8.76. The number of hydrogen-bond donors (Lipinski definition) is 2. The van der Waals surface area contributed by atoms with Gasteiger partial charge in [0.15, 0.2) is 0 Å². The molecule has 1 aromatic rings. The van der Waals surface area contributed by atoms with E-state index in [0.29, 0.717) is 23.9 Å². The minimum atomic E-state index is -3.71. The molecule has 0 heterocycles. The molecule has 4 aliphatic rings. The monoisotopic (exact) mass is 412 g/mol. The van der Waals surface area contributed by atoms with Crippen molar-refractivity contribution in [1.82, 2.24) is 4.31 Å². The molecule has 4 aliphatic carbocycles. The van der Waals surface area contributed by atoms with Crippen molar-refractivity contribution >= 4 is 33.2 Å². The fourth-order valence-corrected chi connectivity index (χ4v) is 7.11. The van der Waals surface area contributed by atoms with Crippen LogP contribution in [-0.2, 0) is 14.8 Å². The molecule has 4 bridgehead atoms. The molecule has 4 atom stereocenters. The molecule has 0 saturated heterocycles. The Morgan fingerprint density at radius 3 is 2.41 bits per heavy atom. The minimum Gasteiger partial charge on any atom is -0.390 e. The first-order valence-corrected chi connectivity index (χ1v) is 11.1.